The van der Waals surface area contributed by atoms with Crippen molar-refractivity contribution in [3.8, 4) is 0 Å². The van der Waals surface area contributed by atoms with E-state index in [-0.39, 0.29) is 23.9 Å². The fourth-order valence-electron chi connectivity index (χ4n) is 3.17. The molecule has 0 radical (unpaired) electrons. The Bertz CT molecular complexity index is 550. The van der Waals surface area contributed by atoms with Gasteiger partial charge in [0.05, 0.1) is 0 Å². The molecule has 4 heteroatoms. The van der Waals surface area contributed by atoms with E-state index in [1.165, 1.54) is 18.1 Å². The summed E-state index contributed by atoms with van der Waals surface area (Å²) in [4.78, 5) is 21.7. The minimum Gasteiger partial charge on any atom is -0.481 e. The van der Waals surface area contributed by atoms with E-state index in [1.807, 2.05) is 19.1 Å². The number of carbonyl (C=O) groups excluding carboxylic acids is 1. The highest BCUT2D eigenvalue weighted by molar-refractivity contribution is 5.67. The third-order valence-electron chi connectivity index (χ3n) is 4.13. The van der Waals surface area contributed by atoms with E-state index in [0.29, 0.717) is 6.42 Å². The fourth-order valence-corrected chi connectivity index (χ4v) is 3.17. The molecule has 0 fully saturated rings. The van der Waals surface area contributed by atoms with Gasteiger partial charge in [0.2, 0.25) is 0 Å². The normalized spacial score (nSPS) is 21.6. The fraction of sp³-hybridized carbons (Fsp3) is 0.579. The number of ether oxygens (including phenoxy) is 1. The average molecular weight is 320 g/mol. The van der Waals surface area contributed by atoms with Crippen LogP contribution in [0.3, 0.4) is 0 Å². The molecule has 0 spiro atoms. The van der Waals surface area contributed by atoms with Gasteiger partial charge >= 0.3 is 11.9 Å². The lowest BCUT2D eigenvalue weighted by Gasteiger charge is -2.37. The summed E-state index contributed by atoms with van der Waals surface area (Å²) >= 11 is 0. The van der Waals surface area contributed by atoms with Gasteiger partial charge in [0.15, 0.2) is 0 Å². The summed E-state index contributed by atoms with van der Waals surface area (Å²) in [5.41, 5.74) is 3.51. The number of esters is 1. The number of hydrogen-bond donors (Lipinski definition) is 1. The number of rotatable bonds is 6. The van der Waals surface area contributed by atoms with Crippen molar-refractivity contribution < 1.29 is 19.4 Å². The van der Waals surface area contributed by atoms with E-state index in [0.717, 1.165) is 18.4 Å². The average Bonchev–Trinajstić information content (AvgIpc) is 2.35. The molecule has 0 aliphatic heterocycles. The van der Waals surface area contributed by atoms with Gasteiger partial charge < -0.3 is 9.84 Å². The van der Waals surface area contributed by atoms with Crippen molar-refractivity contribution in [1.82, 2.24) is 0 Å². The van der Waals surface area contributed by atoms with Gasteiger partial charge in [0, 0.05) is 19.8 Å². The molecule has 0 aromatic rings. The second kappa shape index (κ2) is 8.14. The number of carboxylic acid groups (broad SMARTS) is 1. The van der Waals surface area contributed by atoms with Crippen molar-refractivity contribution in [2.24, 2.45) is 5.41 Å². The number of aliphatic carboxylic acids is 1. The smallest absolute Gasteiger partial charge is 0.303 e. The Balaban J connectivity index is 2.83. The maximum absolute atomic E-state index is 11.2. The van der Waals surface area contributed by atoms with Crippen molar-refractivity contribution in [3.63, 3.8) is 0 Å². The molecule has 23 heavy (non-hydrogen) atoms. The lowest BCUT2D eigenvalue weighted by molar-refractivity contribution is -0.147. The molecule has 1 aliphatic carbocycles. The molecule has 0 bridgehead atoms. The Morgan fingerprint density at radius 1 is 1.35 bits per heavy atom. The van der Waals surface area contributed by atoms with E-state index in [4.69, 9.17) is 9.84 Å². The molecule has 0 heterocycles. The summed E-state index contributed by atoms with van der Waals surface area (Å²) in [5.74, 6) is -1.00. The first-order chi connectivity index (χ1) is 10.6. The van der Waals surface area contributed by atoms with Gasteiger partial charge in [-0.05, 0) is 37.7 Å². The Morgan fingerprint density at radius 3 is 2.52 bits per heavy atom. The van der Waals surface area contributed by atoms with E-state index in [1.54, 1.807) is 0 Å². The molecule has 0 unspecified atom stereocenters. The zero-order valence-corrected chi connectivity index (χ0v) is 14.8. The van der Waals surface area contributed by atoms with Crippen LogP contribution in [0, 0.1) is 5.41 Å². The molecule has 1 N–H and O–H groups in total. The third kappa shape index (κ3) is 6.43. The van der Waals surface area contributed by atoms with E-state index >= 15 is 0 Å². The molecule has 1 atom stereocenters. The molecule has 4 nitrogen and oxygen atoms in total. The van der Waals surface area contributed by atoms with Crippen molar-refractivity contribution in [2.45, 2.75) is 66.4 Å². The highest BCUT2D eigenvalue weighted by Gasteiger charge is 2.33. The molecule has 0 amide bonds. The van der Waals surface area contributed by atoms with Crippen LogP contribution in [-0.4, -0.2) is 23.1 Å². The monoisotopic (exact) mass is 320 g/mol. The Morgan fingerprint density at radius 2 is 2.00 bits per heavy atom. The first-order valence-electron chi connectivity index (χ1n) is 8.06. The standard InChI is InChI=1S/C19H28O4/c1-13(7-6-8-18(21)22)9-10-17-14(2)11-16(23-15(3)20)12-19(17,4)5/h7,9-10,16H,6,8,11-12H2,1-5H3,(H,21,22)/b10-9+,13-7+/t16-/m1/s1. The van der Waals surface area contributed by atoms with Crippen LogP contribution in [0.1, 0.15) is 60.3 Å². The largest absolute Gasteiger partial charge is 0.481 e. The molecular weight excluding hydrogens is 292 g/mol. The van der Waals surface area contributed by atoms with Crippen LogP contribution in [0.15, 0.2) is 34.9 Å². The molecule has 1 aliphatic rings. The lowest BCUT2D eigenvalue weighted by atomic mass is 9.71. The van der Waals surface area contributed by atoms with Gasteiger partial charge in [0.1, 0.15) is 6.10 Å². The van der Waals surface area contributed by atoms with Crippen molar-refractivity contribution in [1.29, 1.82) is 0 Å². The van der Waals surface area contributed by atoms with Crippen LogP contribution in [0.5, 0.6) is 0 Å². The predicted molar refractivity (Wildman–Crippen MR) is 91.0 cm³/mol. The predicted octanol–water partition coefficient (Wildman–Crippen LogP) is 4.42. The van der Waals surface area contributed by atoms with Crippen LogP contribution in [-0.2, 0) is 14.3 Å². The third-order valence-corrected chi connectivity index (χ3v) is 4.13. The van der Waals surface area contributed by atoms with Crippen LogP contribution >= 0.6 is 0 Å². The minimum atomic E-state index is -0.776. The maximum Gasteiger partial charge on any atom is 0.303 e. The molecule has 0 aromatic carbocycles. The number of hydrogen-bond acceptors (Lipinski definition) is 3. The van der Waals surface area contributed by atoms with E-state index in [2.05, 4.69) is 26.8 Å². The van der Waals surface area contributed by atoms with Crippen molar-refractivity contribution in [2.75, 3.05) is 0 Å². The first kappa shape index (κ1) is 19.2. The Labute approximate surface area is 138 Å². The van der Waals surface area contributed by atoms with Crippen molar-refractivity contribution >= 4 is 11.9 Å². The molecule has 0 aromatic heterocycles. The van der Waals surface area contributed by atoms with Crippen LogP contribution in [0.4, 0.5) is 0 Å². The Kier molecular flexibility index (Phi) is 6.79. The summed E-state index contributed by atoms with van der Waals surface area (Å²) in [5, 5.41) is 8.66. The van der Waals surface area contributed by atoms with E-state index in [9.17, 15) is 9.59 Å². The SMILES string of the molecule is CC(=O)O[C@@H]1CC(C)=C(/C=C/C(C)=C/CCC(=O)O)C(C)(C)C1. The lowest BCUT2D eigenvalue weighted by Crippen LogP contribution is -2.31. The van der Waals surface area contributed by atoms with Gasteiger partial charge in [-0.2, -0.15) is 0 Å². The van der Waals surface area contributed by atoms with Gasteiger partial charge in [-0.25, -0.2) is 0 Å². The minimum absolute atomic E-state index is 0.0492. The van der Waals surface area contributed by atoms with Crippen LogP contribution in [0.25, 0.3) is 0 Å². The van der Waals surface area contributed by atoms with Gasteiger partial charge in [-0.1, -0.05) is 43.2 Å². The molecular formula is C19H28O4. The maximum atomic E-state index is 11.2. The Hall–Kier alpha value is -1.84. The van der Waals surface area contributed by atoms with Crippen molar-refractivity contribution in [3.05, 3.63) is 34.9 Å². The summed E-state index contributed by atoms with van der Waals surface area (Å²) < 4.78 is 5.38. The first-order valence-corrected chi connectivity index (χ1v) is 8.06. The highest BCUT2D eigenvalue weighted by atomic mass is 16.5. The molecule has 128 valence electrons. The topological polar surface area (TPSA) is 63.6 Å². The van der Waals surface area contributed by atoms with Gasteiger partial charge in [-0.3, -0.25) is 9.59 Å². The molecule has 1 rings (SSSR count). The quantitative estimate of drug-likeness (QED) is 0.581. The second-order valence-corrected chi connectivity index (χ2v) is 6.93. The number of carboxylic acids is 1. The van der Waals surface area contributed by atoms with E-state index < -0.39 is 5.97 Å². The van der Waals surface area contributed by atoms with Crippen LogP contribution in [0.2, 0.25) is 0 Å². The summed E-state index contributed by atoms with van der Waals surface area (Å²) in [6.07, 6.45) is 8.32. The number of carbonyl (C=O) groups is 2. The second-order valence-electron chi connectivity index (χ2n) is 6.93. The summed E-state index contributed by atoms with van der Waals surface area (Å²) in [6, 6.07) is 0. The number of allylic oxidation sites excluding steroid dienone is 5. The molecule has 0 saturated heterocycles. The zero-order valence-electron chi connectivity index (χ0n) is 14.8. The molecule has 0 saturated carbocycles. The van der Waals surface area contributed by atoms with Gasteiger partial charge in [0.25, 0.3) is 0 Å². The van der Waals surface area contributed by atoms with Gasteiger partial charge in [-0.15, -0.1) is 0 Å². The highest BCUT2D eigenvalue weighted by Crippen LogP contribution is 2.42. The summed E-state index contributed by atoms with van der Waals surface area (Å²) in [6.45, 7) is 9.84. The zero-order chi connectivity index (χ0) is 17.6. The summed E-state index contributed by atoms with van der Waals surface area (Å²) in [7, 11) is 0. The van der Waals surface area contributed by atoms with Crippen LogP contribution < -0.4 is 0 Å².